The van der Waals surface area contributed by atoms with Crippen LogP contribution in [-0.4, -0.2) is 0 Å². The third kappa shape index (κ3) is 1.30. The molecule has 1 heterocycles. The van der Waals surface area contributed by atoms with Crippen LogP contribution in [-0.2, 0) is 6.42 Å². The van der Waals surface area contributed by atoms with Crippen LogP contribution in [0.2, 0.25) is 5.02 Å². The number of hydrogen-bond acceptors (Lipinski definition) is 2. The van der Waals surface area contributed by atoms with Crippen molar-refractivity contribution in [3.8, 4) is 0 Å². The minimum atomic E-state index is 0.704. The van der Waals surface area contributed by atoms with Gasteiger partial charge in [-0.2, -0.15) is 0 Å². The zero-order valence-electron chi connectivity index (χ0n) is 7.30. The largest absolute Gasteiger partial charge is 0.389 e. The molecule has 0 saturated heterocycles. The number of aryl methyl sites for hydroxylation is 1. The van der Waals surface area contributed by atoms with Crippen molar-refractivity contribution in [1.82, 2.24) is 0 Å². The highest BCUT2D eigenvalue weighted by Crippen LogP contribution is 2.39. The van der Waals surface area contributed by atoms with Crippen LogP contribution in [0, 0.1) is 0 Å². The van der Waals surface area contributed by atoms with Crippen molar-refractivity contribution in [1.29, 1.82) is 0 Å². The number of benzene rings is 1. The van der Waals surface area contributed by atoms with Crippen LogP contribution < -0.4 is 5.73 Å². The van der Waals surface area contributed by atoms with Gasteiger partial charge in [0, 0.05) is 10.1 Å². The molecule has 0 aliphatic heterocycles. The molecule has 0 bridgehead atoms. The highest BCUT2D eigenvalue weighted by atomic mass is 35.5. The minimum Gasteiger partial charge on any atom is -0.389 e. The van der Waals surface area contributed by atoms with E-state index in [0.29, 0.717) is 5.02 Å². The van der Waals surface area contributed by atoms with E-state index in [1.165, 1.54) is 10.3 Å². The normalized spacial score (nSPS) is 10.9. The van der Waals surface area contributed by atoms with Crippen LogP contribution in [0.5, 0.6) is 0 Å². The summed E-state index contributed by atoms with van der Waals surface area (Å²) in [4.78, 5) is 0. The number of halogens is 1. The van der Waals surface area contributed by atoms with Gasteiger partial charge in [0.1, 0.15) is 5.00 Å². The lowest BCUT2D eigenvalue weighted by Crippen LogP contribution is -1.78. The average molecular weight is 212 g/mol. The molecule has 2 rings (SSSR count). The predicted molar refractivity (Wildman–Crippen MR) is 60.6 cm³/mol. The van der Waals surface area contributed by atoms with Crippen LogP contribution in [0.4, 0.5) is 5.00 Å². The zero-order chi connectivity index (χ0) is 9.42. The van der Waals surface area contributed by atoms with Crippen molar-refractivity contribution in [3.63, 3.8) is 0 Å². The second-order valence-electron chi connectivity index (χ2n) is 2.93. The fraction of sp³-hybridized carbons (Fsp3) is 0.200. The first kappa shape index (κ1) is 8.85. The van der Waals surface area contributed by atoms with Gasteiger partial charge in [-0.15, -0.1) is 11.3 Å². The molecular formula is C10H10ClNS. The van der Waals surface area contributed by atoms with Gasteiger partial charge < -0.3 is 5.73 Å². The molecule has 68 valence electrons. The Morgan fingerprint density at radius 3 is 2.92 bits per heavy atom. The SMILES string of the molecule is CCc1cccc2c(Cl)c(N)sc12. The number of rotatable bonds is 1. The number of thiophene rings is 1. The second-order valence-corrected chi connectivity index (χ2v) is 4.36. The fourth-order valence-corrected chi connectivity index (χ4v) is 2.82. The molecule has 0 fully saturated rings. The van der Waals surface area contributed by atoms with Gasteiger partial charge in [-0.1, -0.05) is 36.7 Å². The highest BCUT2D eigenvalue weighted by Gasteiger charge is 2.09. The maximum Gasteiger partial charge on any atom is 0.106 e. The molecule has 0 unspecified atom stereocenters. The van der Waals surface area contributed by atoms with Crippen molar-refractivity contribution in [3.05, 3.63) is 28.8 Å². The number of nitrogen functional groups attached to an aromatic ring is 1. The summed E-state index contributed by atoms with van der Waals surface area (Å²) in [6.07, 6.45) is 1.02. The van der Waals surface area contributed by atoms with E-state index >= 15 is 0 Å². The Morgan fingerprint density at radius 1 is 1.46 bits per heavy atom. The molecule has 0 spiro atoms. The van der Waals surface area contributed by atoms with E-state index in [2.05, 4.69) is 13.0 Å². The van der Waals surface area contributed by atoms with Crippen molar-refractivity contribution in [2.45, 2.75) is 13.3 Å². The van der Waals surface area contributed by atoms with Crippen LogP contribution in [0.3, 0.4) is 0 Å². The van der Waals surface area contributed by atoms with Gasteiger partial charge >= 0.3 is 0 Å². The standard InChI is InChI=1S/C10H10ClNS/c1-2-6-4-3-5-7-8(11)10(12)13-9(6)7/h3-5H,2,12H2,1H3. The van der Waals surface area contributed by atoms with Crippen LogP contribution >= 0.6 is 22.9 Å². The molecule has 3 heteroatoms. The second kappa shape index (κ2) is 3.20. The van der Waals surface area contributed by atoms with Gasteiger partial charge in [0.15, 0.2) is 0 Å². The van der Waals surface area contributed by atoms with Crippen LogP contribution in [0.25, 0.3) is 10.1 Å². The molecule has 0 amide bonds. The summed E-state index contributed by atoms with van der Waals surface area (Å²) in [6.45, 7) is 2.14. The van der Waals surface area contributed by atoms with E-state index in [1.54, 1.807) is 11.3 Å². The van der Waals surface area contributed by atoms with Crippen molar-refractivity contribution < 1.29 is 0 Å². The van der Waals surface area contributed by atoms with E-state index < -0.39 is 0 Å². The Bertz CT molecular complexity index is 447. The third-order valence-corrected chi connectivity index (χ3v) is 3.77. The van der Waals surface area contributed by atoms with Crippen LogP contribution in [0.15, 0.2) is 18.2 Å². The molecule has 2 aromatic rings. The van der Waals surface area contributed by atoms with Gasteiger partial charge in [-0.3, -0.25) is 0 Å². The van der Waals surface area contributed by atoms with E-state index in [4.69, 9.17) is 17.3 Å². The molecule has 2 N–H and O–H groups in total. The summed E-state index contributed by atoms with van der Waals surface area (Å²) in [6, 6.07) is 6.16. The first-order valence-corrected chi connectivity index (χ1v) is 5.39. The molecule has 0 aliphatic rings. The summed E-state index contributed by atoms with van der Waals surface area (Å²) < 4.78 is 1.23. The number of nitrogens with two attached hydrogens (primary N) is 1. The molecule has 1 aromatic heterocycles. The Morgan fingerprint density at radius 2 is 2.23 bits per heavy atom. The predicted octanol–water partition coefficient (Wildman–Crippen LogP) is 3.70. The Hall–Kier alpha value is -0.730. The Balaban J connectivity index is 2.84. The van der Waals surface area contributed by atoms with Crippen molar-refractivity contribution in [2.75, 3.05) is 5.73 Å². The summed E-state index contributed by atoms with van der Waals surface area (Å²) in [7, 11) is 0. The van der Waals surface area contributed by atoms with Crippen molar-refractivity contribution in [2.24, 2.45) is 0 Å². The van der Waals surface area contributed by atoms with E-state index in [0.717, 1.165) is 16.8 Å². The average Bonchev–Trinajstić information content (AvgIpc) is 2.43. The Labute approximate surface area is 86.1 Å². The Kier molecular flexibility index (Phi) is 2.18. The lowest BCUT2D eigenvalue weighted by molar-refractivity contribution is 1.16. The molecular weight excluding hydrogens is 202 g/mol. The van der Waals surface area contributed by atoms with Gasteiger partial charge in [-0.05, 0) is 12.0 Å². The highest BCUT2D eigenvalue weighted by molar-refractivity contribution is 7.23. The maximum atomic E-state index is 6.06. The van der Waals surface area contributed by atoms with E-state index in [-0.39, 0.29) is 0 Å². The smallest absolute Gasteiger partial charge is 0.106 e. The lowest BCUT2D eigenvalue weighted by atomic mass is 10.1. The summed E-state index contributed by atoms with van der Waals surface area (Å²) >= 11 is 7.63. The van der Waals surface area contributed by atoms with Gasteiger partial charge in [0.2, 0.25) is 0 Å². The maximum absolute atomic E-state index is 6.06. The van der Waals surface area contributed by atoms with Gasteiger partial charge in [-0.25, -0.2) is 0 Å². The van der Waals surface area contributed by atoms with Gasteiger partial charge in [0.25, 0.3) is 0 Å². The van der Waals surface area contributed by atoms with Crippen molar-refractivity contribution >= 4 is 38.0 Å². The first-order valence-electron chi connectivity index (χ1n) is 4.19. The van der Waals surface area contributed by atoms with Gasteiger partial charge in [0.05, 0.1) is 5.02 Å². The number of anilines is 1. The quantitative estimate of drug-likeness (QED) is 0.765. The van der Waals surface area contributed by atoms with Crippen LogP contribution in [0.1, 0.15) is 12.5 Å². The topological polar surface area (TPSA) is 26.0 Å². The number of hydrogen-bond donors (Lipinski definition) is 1. The summed E-state index contributed by atoms with van der Waals surface area (Å²) in [5.74, 6) is 0. The third-order valence-electron chi connectivity index (χ3n) is 2.14. The molecule has 0 aliphatic carbocycles. The minimum absolute atomic E-state index is 0.704. The lowest BCUT2D eigenvalue weighted by Gasteiger charge is -1.96. The molecule has 1 nitrogen and oxygen atoms in total. The van der Waals surface area contributed by atoms with E-state index in [1.807, 2.05) is 12.1 Å². The summed E-state index contributed by atoms with van der Waals surface area (Å²) in [5.41, 5.74) is 7.08. The van der Waals surface area contributed by atoms with E-state index in [9.17, 15) is 0 Å². The molecule has 0 atom stereocenters. The molecule has 0 radical (unpaired) electrons. The molecule has 13 heavy (non-hydrogen) atoms. The fourth-order valence-electron chi connectivity index (χ4n) is 1.44. The molecule has 1 aromatic carbocycles. The first-order chi connectivity index (χ1) is 6.24. The number of fused-ring (bicyclic) bond motifs is 1. The molecule has 0 saturated carbocycles. The summed E-state index contributed by atoms with van der Waals surface area (Å²) in [5, 5.41) is 2.51. The monoisotopic (exact) mass is 211 g/mol. The zero-order valence-corrected chi connectivity index (χ0v) is 8.88.